The summed E-state index contributed by atoms with van der Waals surface area (Å²) >= 11 is 13.1. The molecule has 4 rings (SSSR count). The molecule has 1 fully saturated rings. The van der Waals surface area contributed by atoms with Crippen LogP contribution in [-0.4, -0.2) is 34.4 Å². The van der Waals surface area contributed by atoms with Crippen LogP contribution in [0.3, 0.4) is 0 Å². The number of anilines is 1. The SMILES string of the molecule is C=CCOC(=O)c1sc(N2C(=O)C(=O)/C(=C(/O)c3ccc(Cl)cc3)C2c2cccc(Cl)c2)nc1C. The normalized spacial score (nSPS) is 17.0. The van der Waals surface area contributed by atoms with Gasteiger partial charge in [0.15, 0.2) is 5.13 Å². The Balaban J connectivity index is 1.89. The van der Waals surface area contributed by atoms with Crippen molar-refractivity contribution < 1.29 is 24.2 Å². The molecule has 35 heavy (non-hydrogen) atoms. The first-order chi connectivity index (χ1) is 16.7. The number of rotatable bonds is 6. The lowest BCUT2D eigenvalue weighted by atomic mass is 9.95. The Hall–Kier alpha value is -3.46. The number of ketones is 1. The number of nitrogens with zero attached hydrogens (tertiary/aromatic N) is 2. The number of aliphatic hydroxyl groups is 1. The molecule has 0 saturated carbocycles. The van der Waals surface area contributed by atoms with Gasteiger partial charge in [0, 0.05) is 15.6 Å². The molecule has 10 heteroatoms. The second kappa shape index (κ2) is 10.0. The Morgan fingerprint density at radius 2 is 1.91 bits per heavy atom. The van der Waals surface area contributed by atoms with Gasteiger partial charge in [0.25, 0.3) is 5.78 Å². The molecule has 0 radical (unpaired) electrons. The Labute approximate surface area is 214 Å². The Kier molecular flexibility index (Phi) is 7.07. The maximum atomic E-state index is 13.3. The van der Waals surface area contributed by atoms with Crippen LogP contribution < -0.4 is 4.90 Å². The Morgan fingerprint density at radius 1 is 1.20 bits per heavy atom. The number of aromatic nitrogens is 1. The van der Waals surface area contributed by atoms with Crippen molar-refractivity contribution in [1.82, 2.24) is 4.98 Å². The van der Waals surface area contributed by atoms with E-state index in [2.05, 4.69) is 11.6 Å². The maximum Gasteiger partial charge on any atom is 0.350 e. The van der Waals surface area contributed by atoms with Crippen LogP contribution in [0.25, 0.3) is 5.76 Å². The number of carbonyl (C=O) groups excluding carboxylic acids is 3. The molecule has 0 bridgehead atoms. The molecule has 1 aliphatic rings. The summed E-state index contributed by atoms with van der Waals surface area (Å²) < 4.78 is 5.10. The first kappa shape index (κ1) is 24.7. The highest BCUT2D eigenvalue weighted by Gasteiger charge is 2.48. The number of thiazole rings is 1. The first-order valence-corrected chi connectivity index (χ1v) is 11.9. The van der Waals surface area contributed by atoms with Crippen molar-refractivity contribution in [2.45, 2.75) is 13.0 Å². The highest BCUT2D eigenvalue weighted by Crippen LogP contribution is 2.44. The summed E-state index contributed by atoms with van der Waals surface area (Å²) in [6.45, 7) is 5.13. The monoisotopic (exact) mass is 528 g/mol. The van der Waals surface area contributed by atoms with Crippen LogP contribution in [0.4, 0.5) is 5.13 Å². The largest absolute Gasteiger partial charge is 0.507 e. The zero-order chi connectivity index (χ0) is 25.3. The molecule has 1 N–H and O–H groups in total. The van der Waals surface area contributed by atoms with E-state index in [-0.39, 0.29) is 27.9 Å². The Bertz CT molecular complexity index is 1380. The minimum Gasteiger partial charge on any atom is -0.507 e. The molecular weight excluding hydrogens is 511 g/mol. The van der Waals surface area contributed by atoms with Crippen molar-refractivity contribution in [2.75, 3.05) is 11.5 Å². The zero-order valence-electron chi connectivity index (χ0n) is 18.3. The van der Waals surface area contributed by atoms with E-state index >= 15 is 0 Å². The first-order valence-electron chi connectivity index (χ1n) is 10.3. The second-order valence-corrected chi connectivity index (χ2v) is 9.38. The van der Waals surface area contributed by atoms with E-state index in [9.17, 15) is 19.5 Å². The minimum absolute atomic E-state index is 0.0135. The number of Topliss-reactive ketones (excluding diaryl/α,β-unsaturated/α-hetero) is 1. The molecule has 0 spiro atoms. The number of aryl methyl sites for hydroxylation is 1. The molecule has 1 aromatic heterocycles. The molecule has 1 saturated heterocycles. The third-order valence-electron chi connectivity index (χ3n) is 5.24. The topological polar surface area (TPSA) is 96.8 Å². The van der Waals surface area contributed by atoms with Crippen LogP contribution in [0.5, 0.6) is 0 Å². The Morgan fingerprint density at radius 3 is 2.57 bits per heavy atom. The van der Waals surface area contributed by atoms with Crippen LogP contribution in [0.1, 0.15) is 32.5 Å². The van der Waals surface area contributed by atoms with Gasteiger partial charge in [0.2, 0.25) is 0 Å². The summed E-state index contributed by atoms with van der Waals surface area (Å²) in [5.41, 5.74) is 0.992. The second-order valence-electron chi connectivity index (χ2n) is 7.53. The summed E-state index contributed by atoms with van der Waals surface area (Å²) in [6, 6.07) is 11.8. The van der Waals surface area contributed by atoms with E-state index in [1.54, 1.807) is 55.5 Å². The molecule has 178 valence electrons. The molecule has 2 aromatic carbocycles. The lowest BCUT2D eigenvalue weighted by Crippen LogP contribution is -2.29. The number of halogens is 2. The highest BCUT2D eigenvalue weighted by atomic mass is 35.5. The summed E-state index contributed by atoms with van der Waals surface area (Å²) in [5.74, 6) is -2.79. The van der Waals surface area contributed by atoms with Crippen molar-refractivity contribution in [1.29, 1.82) is 0 Å². The van der Waals surface area contributed by atoms with E-state index in [1.807, 2.05) is 0 Å². The van der Waals surface area contributed by atoms with Gasteiger partial charge < -0.3 is 9.84 Å². The number of ether oxygens (including phenoxy) is 1. The molecule has 2 heterocycles. The van der Waals surface area contributed by atoms with Crippen molar-refractivity contribution in [3.8, 4) is 0 Å². The zero-order valence-corrected chi connectivity index (χ0v) is 20.7. The van der Waals surface area contributed by atoms with E-state index in [4.69, 9.17) is 27.9 Å². The van der Waals surface area contributed by atoms with Crippen molar-refractivity contribution in [3.05, 3.63) is 98.5 Å². The predicted molar refractivity (Wildman–Crippen MR) is 135 cm³/mol. The molecule has 7 nitrogen and oxygen atoms in total. The van der Waals surface area contributed by atoms with Gasteiger partial charge in [-0.2, -0.15) is 0 Å². The van der Waals surface area contributed by atoms with Crippen LogP contribution in [0.2, 0.25) is 10.0 Å². The summed E-state index contributed by atoms with van der Waals surface area (Å²) in [4.78, 5) is 44.6. The average molecular weight is 529 g/mol. The fourth-order valence-electron chi connectivity index (χ4n) is 3.66. The van der Waals surface area contributed by atoms with Crippen molar-refractivity contribution >= 4 is 63.1 Å². The summed E-state index contributed by atoms with van der Waals surface area (Å²) in [5, 5.41) is 12.0. The molecule has 1 aliphatic heterocycles. The van der Waals surface area contributed by atoms with Gasteiger partial charge in [0.05, 0.1) is 17.3 Å². The fourth-order valence-corrected chi connectivity index (χ4v) is 4.97. The van der Waals surface area contributed by atoms with E-state index in [1.165, 1.54) is 6.08 Å². The number of amides is 1. The van der Waals surface area contributed by atoms with Crippen LogP contribution >= 0.6 is 34.5 Å². The average Bonchev–Trinajstić information content (AvgIpc) is 3.34. The standard InChI is InChI=1S/C25H18Cl2N2O5S/c1-3-11-34-24(33)22-13(2)28-25(35-22)29-19(15-5-4-6-17(27)12-15)18(21(31)23(29)32)20(30)14-7-9-16(26)10-8-14/h3-10,12,19,30H,1,11H2,2H3/b20-18+. The van der Waals surface area contributed by atoms with E-state index in [0.717, 1.165) is 16.2 Å². The molecule has 3 aromatic rings. The third-order valence-corrected chi connectivity index (χ3v) is 6.86. The summed E-state index contributed by atoms with van der Waals surface area (Å²) in [6.07, 6.45) is 1.43. The molecule has 1 unspecified atom stereocenters. The van der Waals surface area contributed by atoms with Gasteiger partial charge in [-0.3, -0.25) is 14.5 Å². The third kappa shape index (κ3) is 4.73. The fraction of sp³-hybridized carbons (Fsp3) is 0.120. The quantitative estimate of drug-likeness (QED) is 0.144. The lowest BCUT2D eigenvalue weighted by molar-refractivity contribution is -0.132. The number of carbonyl (C=O) groups is 3. The van der Waals surface area contributed by atoms with Gasteiger partial charge in [-0.05, 0) is 48.9 Å². The van der Waals surface area contributed by atoms with Crippen molar-refractivity contribution in [2.24, 2.45) is 0 Å². The molecular formula is C25H18Cl2N2O5S. The highest BCUT2D eigenvalue weighted by molar-refractivity contribution is 7.17. The minimum atomic E-state index is -1.04. The lowest BCUT2D eigenvalue weighted by Gasteiger charge is -2.23. The number of benzene rings is 2. The van der Waals surface area contributed by atoms with E-state index < -0.39 is 23.7 Å². The van der Waals surface area contributed by atoms with Crippen LogP contribution in [0, 0.1) is 6.92 Å². The number of hydrogen-bond acceptors (Lipinski definition) is 7. The molecule has 0 aliphatic carbocycles. The molecule has 1 atom stereocenters. The number of esters is 1. The summed E-state index contributed by atoms with van der Waals surface area (Å²) in [7, 11) is 0. The number of hydrogen-bond donors (Lipinski definition) is 1. The maximum absolute atomic E-state index is 13.3. The van der Waals surface area contributed by atoms with Gasteiger partial charge in [-0.25, -0.2) is 9.78 Å². The van der Waals surface area contributed by atoms with Crippen LogP contribution in [-0.2, 0) is 14.3 Å². The smallest absolute Gasteiger partial charge is 0.350 e. The van der Waals surface area contributed by atoms with Gasteiger partial charge in [0.1, 0.15) is 17.2 Å². The van der Waals surface area contributed by atoms with Gasteiger partial charge in [-0.15, -0.1) is 0 Å². The number of aliphatic hydroxyl groups excluding tert-OH is 1. The molecule has 1 amide bonds. The van der Waals surface area contributed by atoms with E-state index in [0.29, 0.717) is 26.9 Å². The van der Waals surface area contributed by atoms with Gasteiger partial charge in [-0.1, -0.05) is 59.3 Å². The van der Waals surface area contributed by atoms with Crippen LogP contribution in [0.15, 0.2) is 66.8 Å². The van der Waals surface area contributed by atoms with Gasteiger partial charge >= 0.3 is 11.9 Å². The predicted octanol–water partition coefficient (Wildman–Crippen LogP) is 5.73. The van der Waals surface area contributed by atoms with Crippen molar-refractivity contribution in [3.63, 3.8) is 0 Å².